The number of methoxy groups -OCH3 is 1. The number of para-hydroxylation sites is 2. The van der Waals surface area contributed by atoms with E-state index in [-0.39, 0.29) is 18.9 Å². The monoisotopic (exact) mass is 458 g/mol. The zero-order chi connectivity index (χ0) is 23.0. The third-order valence-electron chi connectivity index (χ3n) is 4.88. The SMILES string of the molecule is COc1ccccc1NC(=O)Cc1nc(COC(=O)c2ccccc2-c2ccccc2)cs1. The molecule has 6 nitrogen and oxygen atoms in total. The Morgan fingerprint density at radius 1 is 0.939 bits per heavy atom. The van der Waals surface area contributed by atoms with Crippen molar-refractivity contribution in [3.8, 4) is 16.9 Å². The van der Waals surface area contributed by atoms with E-state index in [0.717, 1.165) is 11.1 Å². The topological polar surface area (TPSA) is 77.5 Å². The lowest BCUT2D eigenvalue weighted by molar-refractivity contribution is -0.115. The van der Waals surface area contributed by atoms with Crippen molar-refractivity contribution in [1.29, 1.82) is 0 Å². The second-order valence-corrected chi connectivity index (χ2v) is 8.09. The smallest absolute Gasteiger partial charge is 0.339 e. The number of rotatable bonds is 8. The molecular formula is C26H22N2O4S. The van der Waals surface area contributed by atoms with E-state index in [0.29, 0.717) is 27.7 Å². The fourth-order valence-electron chi connectivity index (χ4n) is 3.32. The normalized spacial score (nSPS) is 10.5. The number of carbonyl (C=O) groups is 2. The number of hydrogen-bond acceptors (Lipinski definition) is 6. The number of anilines is 1. The summed E-state index contributed by atoms with van der Waals surface area (Å²) in [5.74, 6) is -0.0273. The molecule has 3 aromatic carbocycles. The van der Waals surface area contributed by atoms with Crippen molar-refractivity contribution in [2.24, 2.45) is 0 Å². The summed E-state index contributed by atoms with van der Waals surface area (Å²) in [6.07, 6.45) is 0.119. The van der Waals surface area contributed by atoms with Gasteiger partial charge in [-0.1, -0.05) is 60.7 Å². The van der Waals surface area contributed by atoms with Gasteiger partial charge in [-0.2, -0.15) is 0 Å². The highest BCUT2D eigenvalue weighted by Crippen LogP contribution is 2.25. The summed E-state index contributed by atoms with van der Waals surface area (Å²) in [5, 5.41) is 5.26. The number of hydrogen-bond donors (Lipinski definition) is 1. The summed E-state index contributed by atoms with van der Waals surface area (Å²) in [6.45, 7) is 0.0343. The minimum atomic E-state index is -0.419. The van der Waals surface area contributed by atoms with Crippen LogP contribution in [0.5, 0.6) is 5.75 Å². The van der Waals surface area contributed by atoms with Crippen LogP contribution in [0.25, 0.3) is 11.1 Å². The molecule has 0 saturated heterocycles. The minimum absolute atomic E-state index is 0.0343. The zero-order valence-corrected chi connectivity index (χ0v) is 18.8. The Morgan fingerprint density at radius 3 is 2.48 bits per heavy atom. The molecule has 0 spiro atoms. The Balaban J connectivity index is 1.36. The molecule has 0 unspecified atom stereocenters. The van der Waals surface area contributed by atoms with Crippen LogP contribution < -0.4 is 10.1 Å². The molecule has 0 aliphatic rings. The number of aromatic nitrogens is 1. The van der Waals surface area contributed by atoms with Gasteiger partial charge < -0.3 is 14.8 Å². The van der Waals surface area contributed by atoms with Crippen LogP contribution >= 0.6 is 11.3 Å². The highest BCUT2D eigenvalue weighted by molar-refractivity contribution is 7.09. The molecule has 0 saturated carbocycles. The van der Waals surface area contributed by atoms with Crippen LogP contribution in [-0.2, 0) is 22.6 Å². The molecule has 33 heavy (non-hydrogen) atoms. The Bertz CT molecular complexity index is 1250. The maximum absolute atomic E-state index is 12.7. The fraction of sp³-hybridized carbons (Fsp3) is 0.115. The second kappa shape index (κ2) is 10.6. The molecular weight excluding hydrogens is 436 g/mol. The van der Waals surface area contributed by atoms with Gasteiger partial charge in [0.15, 0.2) is 0 Å². The van der Waals surface area contributed by atoms with Gasteiger partial charge >= 0.3 is 5.97 Å². The number of ether oxygens (including phenoxy) is 2. The molecule has 0 aliphatic heterocycles. The molecule has 1 N–H and O–H groups in total. The molecule has 7 heteroatoms. The zero-order valence-electron chi connectivity index (χ0n) is 18.0. The van der Waals surface area contributed by atoms with Gasteiger partial charge in [-0.15, -0.1) is 11.3 Å². The van der Waals surface area contributed by atoms with Gasteiger partial charge in [0, 0.05) is 5.38 Å². The van der Waals surface area contributed by atoms with E-state index in [4.69, 9.17) is 9.47 Å². The van der Waals surface area contributed by atoms with E-state index in [1.165, 1.54) is 11.3 Å². The van der Waals surface area contributed by atoms with Gasteiger partial charge in [-0.25, -0.2) is 9.78 Å². The largest absolute Gasteiger partial charge is 0.495 e. The van der Waals surface area contributed by atoms with Crippen molar-refractivity contribution >= 4 is 28.9 Å². The van der Waals surface area contributed by atoms with Crippen LogP contribution in [0.3, 0.4) is 0 Å². The fourth-order valence-corrected chi connectivity index (χ4v) is 4.10. The standard InChI is InChI=1S/C26H22N2O4S/c1-31-23-14-8-7-13-22(23)28-24(29)15-25-27-19(17-33-25)16-32-26(30)21-12-6-5-11-20(21)18-9-3-2-4-10-18/h2-14,17H,15-16H2,1H3,(H,28,29). The third-order valence-corrected chi connectivity index (χ3v) is 5.77. The maximum Gasteiger partial charge on any atom is 0.339 e. The predicted octanol–water partition coefficient (Wildman–Crippen LogP) is 5.36. The van der Waals surface area contributed by atoms with Crippen molar-refractivity contribution in [3.05, 3.63) is 101 Å². The number of carbonyl (C=O) groups excluding carboxylic acids is 2. The molecule has 4 aromatic rings. The summed E-state index contributed by atoms with van der Waals surface area (Å²) >= 11 is 1.35. The number of thiazole rings is 1. The highest BCUT2D eigenvalue weighted by Gasteiger charge is 2.15. The molecule has 1 aromatic heterocycles. The van der Waals surface area contributed by atoms with Crippen LogP contribution in [0.2, 0.25) is 0 Å². The summed E-state index contributed by atoms with van der Waals surface area (Å²) < 4.78 is 10.8. The summed E-state index contributed by atoms with van der Waals surface area (Å²) in [7, 11) is 1.55. The van der Waals surface area contributed by atoms with Crippen LogP contribution in [0.1, 0.15) is 21.1 Å². The number of benzene rings is 3. The molecule has 0 fully saturated rings. The lowest BCUT2D eigenvalue weighted by Gasteiger charge is -2.09. The molecule has 1 heterocycles. The lowest BCUT2D eigenvalue weighted by Crippen LogP contribution is -2.15. The van der Waals surface area contributed by atoms with Gasteiger partial charge in [0.2, 0.25) is 5.91 Å². The van der Waals surface area contributed by atoms with Gasteiger partial charge in [0.25, 0.3) is 0 Å². The third kappa shape index (κ3) is 5.64. The van der Waals surface area contributed by atoms with Crippen LogP contribution in [-0.4, -0.2) is 24.0 Å². The molecule has 4 rings (SSSR count). The van der Waals surface area contributed by atoms with Crippen LogP contribution in [0, 0.1) is 0 Å². The Labute approximate surface area is 195 Å². The van der Waals surface area contributed by atoms with E-state index in [1.54, 1.807) is 30.7 Å². The van der Waals surface area contributed by atoms with Crippen molar-refractivity contribution in [1.82, 2.24) is 4.98 Å². The summed E-state index contributed by atoms with van der Waals surface area (Å²) in [6, 6.07) is 24.3. The van der Waals surface area contributed by atoms with E-state index in [1.807, 2.05) is 60.7 Å². The average Bonchev–Trinajstić information content (AvgIpc) is 3.30. The van der Waals surface area contributed by atoms with Crippen molar-refractivity contribution in [2.45, 2.75) is 13.0 Å². The lowest BCUT2D eigenvalue weighted by atomic mass is 10.00. The number of esters is 1. The first-order valence-electron chi connectivity index (χ1n) is 10.3. The number of nitrogens with one attached hydrogen (secondary N) is 1. The Kier molecular flexibility index (Phi) is 7.12. The summed E-state index contributed by atoms with van der Waals surface area (Å²) in [5.41, 5.74) is 3.46. The maximum atomic E-state index is 12.7. The first-order valence-corrected chi connectivity index (χ1v) is 11.2. The molecule has 1 amide bonds. The van der Waals surface area contributed by atoms with Crippen molar-refractivity contribution < 1.29 is 19.1 Å². The average molecular weight is 459 g/mol. The molecule has 0 radical (unpaired) electrons. The van der Waals surface area contributed by atoms with E-state index in [9.17, 15) is 9.59 Å². The number of nitrogens with zero attached hydrogens (tertiary/aromatic N) is 1. The Morgan fingerprint density at radius 2 is 1.67 bits per heavy atom. The van der Waals surface area contributed by atoms with E-state index in [2.05, 4.69) is 10.3 Å². The van der Waals surface area contributed by atoms with E-state index < -0.39 is 5.97 Å². The van der Waals surface area contributed by atoms with Crippen LogP contribution in [0.15, 0.2) is 84.2 Å². The number of amides is 1. The minimum Gasteiger partial charge on any atom is -0.495 e. The summed E-state index contributed by atoms with van der Waals surface area (Å²) in [4.78, 5) is 29.6. The Hall–Kier alpha value is -3.97. The van der Waals surface area contributed by atoms with Gasteiger partial charge in [0.1, 0.15) is 17.4 Å². The second-order valence-electron chi connectivity index (χ2n) is 7.15. The first kappa shape index (κ1) is 22.2. The molecule has 0 atom stereocenters. The molecule has 0 aliphatic carbocycles. The van der Waals surface area contributed by atoms with Crippen molar-refractivity contribution in [3.63, 3.8) is 0 Å². The molecule has 0 bridgehead atoms. The van der Waals surface area contributed by atoms with Crippen LogP contribution in [0.4, 0.5) is 5.69 Å². The van der Waals surface area contributed by atoms with E-state index >= 15 is 0 Å². The predicted molar refractivity (Wildman–Crippen MR) is 128 cm³/mol. The first-order chi connectivity index (χ1) is 16.1. The van der Waals surface area contributed by atoms with Crippen molar-refractivity contribution in [2.75, 3.05) is 12.4 Å². The van der Waals surface area contributed by atoms with Gasteiger partial charge in [0.05, 0.1) is 30.5 Å². The highest BCUT2D eigenvalue weighted by atomic mass is 32.1. The van der Waals surface area contributed by atoms with Gasteiger partial charge in [-0.3, -0.25) is 4.79 Å². The quantitative estimate of drug-likeness (QED) is 0.360. The molecule has 166 valence electrons. The van der Waals surface area contributed by atoms with Gasteiger partial charge in [-0.05, 0) is 29.3 Å².